The molecular weight excluding hydrogens is 307 g/mol. The van der Waals surface area contributed by atoms with Gasteiger partial charge >= 0.3 is 0 Å². The highest BCUT2D eigenvalue weighted by Crippen LogP contribution is 2.22. The average molecular weight is 312 g/mol. The fourth-order valence-electron chi connectivity index (χ4n) is 0.788. The lowest BCUT2D eigenvalue weighted by molar-refractivity contribution is 0.102. The molecule has 0 atom stereocenters. The summed E-state index contributed by atoms with van der Waals surface area (Å²) in [6.07, 6.45) is 0. The fraction of sp³-hybridized carbons (Fsp3) is 0.125. The smallest absolute Gasteiger partial charge is 0.178 e. The van der Waals surface area contributed by atoms with Gasteiger partial charge in [0.25, 0.3) is 0 Å². The van der Waals surface area contributed by atoms with E-state index in [-0.39, 0.29) is 11.7 Å². The van der Waals surface area contributed by atoms with Crippen LogP contribution in [0.2, 0.25) is 0 Å². The molecule has 0 radical (unpaired) electrons. The quantitative estimate of drug-likeness (QED) is 0.602. The molecule has 12 heavy (non-hydrogen) atoms. The van der Waals surface area contributed by atoms with E-state index in [1.165, 1.54) is 0 Å². The number of halogens is 3. The van der Waals surface area contributed by atoms with Gasteiger partial charge in [0.1, 0.15) is 0 Å². The highest BCUT2D eigenvalue weighted by Gasteiger charge is 2.07. The van der Waals surface area contributed by atoms with Crippen LogP contribution in [0, 0.1) is 0 Å². The van der Waals surface area contributed by atoms with Gasteiger partial charge < -0.3 is 0 Å². The lowest BCUT2D eigenvalue weighted by atomic mass is 10.1. The second kappa shape index (κ2) is 4.40. The van der Waals surface area contributed by atoms with Crippen LogP contribution in [0.15, 0.2) is 27.1 Å². The maximum Gasteiger partial charge on any atom is 0.178 e. The van der Waals surface area contributed by atoms with Crippen LogP contribution >= 0.6 is 43.5 Å². The zero-order chi connectivity index (χ0) is 9.14. The molecule has 0 N–H and O–H groups in total. The molecule has 0 heterocycles. The topological polar surface area (TPSA) is 17.1 Å². The van der Waals surface area contributed by atoms with Gasteiger partial charge in [0.15, 0.2) is 5.78 Å². The maximum atomic E-state index is 11.2. The van der Waals surface area contributed by atoms with Gasteiger partial charge in [-0.1, -0.05) is 31.9 Å². The van der Waals surface area contributed by atoms with E-state index < -0.39 is 0 Å². The first kappa shape index (κ1) is 10.2. The number of rotatable bonds is 2. The molecule has 0 saturated carbocycles. The molecule has 0 aliphatic carbocycles. The lowest BCUT2D eigenvalue weighted by Gasteiger charge is -2.00. The summed E-state index contributed by atoms with van der Waals surface area (Å²) in [5.41, 5.74) is 0.619. The van der Waals surface area contributed by atoms with Crippen molar-refractivity contribution in [1.82, 2.24) is 0 Å². The summed E-state index contributed by atoms with van der Waals surface area (Å²) in [5, 5.41) is 0. The first-order chi connectivity index (χ1) is 5.65. The molecule has 1 aromatic rings. The molecule has 0 aliphatic heterocycles. The Bertz CT molecular complexity index is 312. The van der Waals surface area contributed by atoms with Crippen LogP contribution in [-0.2, 0) is 0 Å². The van der Waals surface area contributed by atoms with Crippen LogP contribution in [0.4, 0.5) is 0 Å². The summed E-state index contributed by atoms with van der Waals surface area (Å²) in [6.45, 7) is 0. The molecule has 0 unspecified atom stereocenters. The Morgan fingerprint density at radius 1 is 1.42 bits per heavy atom. The van der Waals surface area contributed by atoms with Gasteiger partial charge in [0.2, 0.25) is 0 Å². The molecule has 0 aromatic heterocycles. The average Bonchev–Trinajstić information content (AvgIpc) is 2.03. The minimum atomic E-state index is -0.0731. The van der Waals surface area contributed by atoms with Gasteiger partial charge in [-0.3, -0.25) is 4.79 Å². The minimum Gasteiger partial charge on any atom is -0.293 e. The number of Topliss-reactive ketones (excluding diaryl/α,β-unsaturated/α-hetero) is 1. The Morgan fingerprint density at radius 3 is 2.58 bits per heavy atom. The van der Waals surface area contributed by atoms with Gasteiger partial charge in [-0.25, -0.2) is 0 Å². The van der Waals surface area contributed by atoms with Crippen LogP contribution in [-0.4, -0.2) is 11.7 Å². The fourth-order valence-corrected chi connectivity index (χ4v) is 2.20. The number of ketones is 1. The van der Waals surface area contributed by atoms with E-state index in [2.05, 4.69) is 31.9 Å². The summed E-state index contributed by atoms with van der Waals surface area (Å²) >= 11 is 12.0. The SMILES string of the molecule is O=C(CCl)c1ccc(Br)cc1Br. The number of benzene rings is 1. The zero-order valence-corrected chi connectivity index (χ0v) is 9.91. The third-order valence-electron chi connectivity index (χ3n) is 1.35. The molecule has 0 amide bonds. The van der Waals surface area contributed by atoms with Crippen molar-refractivity contribution in [3.8, 4) is 0 Å². The van der Waals surface area contributed by atoms with Crippen molar-refractivity contribution in [2.45, 2.75) is 0 Å². The van der Waals surface area contributed by atoms with E-state index in [1.54, 1.807) is 6.07 Å². The van der Waals surface area contributed by atoms with Crippen molar-refractivity contribution < 1.29 is 4.79 Å². The normalized spacial score (nSPS) is 9.92. The maximum absolute atomic E-state index is 11.2. The van der Waals surface area contributed by atoms with E-state index in [0.717, 1.165) is 8.95 Å². The third-order valence-corrected chi connectivity index (χ3v) is 2.74. The highest BCUT2D eigenvalue weighted by molar-refractivity contribution is 9.11. The van der Waals surface area contributed by atoms with E-state index >= 15 is 0 Å². The molecule has 0 saturated heterocycles. The Labute approximate surface area is 92.4 Å². The molecule has 4 heteroatoms. The Balaban J connectivity index is 3.09. The van der Waals surface area contributed by atoms with E-state index in [9.17, 15) is 4.79 Å². The summed E-state index contributed by atoms with van der Waals surface area (Å²) in [5.74, 6) is -0.0590. The number of alkyl halides is 1. The van der Waals surface area contributed by atoms with E-state index in [1.807, 2.05) is 12.1 Å². The predicted octanol–water partition coefficient (Wildman–Crippen LogP) is 3.63. The Hall–Kier alpha value is 0.140. The second-order valence-electron chi connectivity index (χ2n) is 2.18. The van der Waals surface area contributed by atoms with Crippen molar-refractivity contribution >= 4 is 49.2 Å². The van der Waals surface area contributed by atoms with Gasteiger partial charge in [-0.05, 0) is 18.2 Å². The molecule has 0 fully saturated rings. The van der Waals surface area contributed by atoms with Gasteiger partial charge in [-0.15, -0.1) is 11.6 Å². The summed E-state index contributed by atoms with van der Waals surface area (Å²) in [7, 11) is 0. The number of hydrogen-bond acceptors (Lipinski definition) is 1. The van der Waals surface area contributed by atoms with Crippen LogP contribution in [0.1, 0.15) is 10.4 Å². The van der Waals surface area contributed by atoms with Crippen molar-refractivity contribution in [3.05, 3.63) is 32.7 Å². The molecule has 0 bridgehead atoms. The van der Waals surface area contributed by atoms with Crippen LogP contribution in [0.25, 0.3) is 0 Å². The summed E-state index contributed by atoms with van der Waals surface area (Å²) in [6, 6.07) is 5.36. The highest BCUT2D eigenvalue weighted by atomic mass is 79.9. The van der Waals surface area contributed by atoms with Crippen molar-refractivity contribution in [3.63, 3.8) is 0 Å². The Kier molecular flexibility index (Phi) is 3.75. The third kappa shape index (κ3) is 2.31. The number of carbonyl (C=O) groups excluding carboxylic acids is 1. The first-order valence-electron chi connectivity index (χ1n) is 3.19. The molecule has 1 aromatic carbocycles. The van der Waals surface area contributed by atoms with Crippen LogP contribution < -0.4 is 0 Å². The molecule has 1 rings (SSSR count). The van der Waals surface area contributed by atoms with Gasteiger partial charge in [0, 0.05) is 14.5 Å². The molecule has 0 spiro atoms. The van der Waals surface area contributed by atoms with Crippen molar-refractivity contribution in [2.75, 3.05) is 5.88 Å². The summed E-state index contributed by atoms with van der Waals surface area (Å²) < 4.78 is 1.70. The second-order valence-corrected chi connectivity index (χ2v) is 4.22. The van der Waals surface area contributed by atoms with E-state index in [4.69, 9.17) is 11.6 Å². The van der Waals surface area contributed by atoms with Crippen molar-refractivity contribution in [1.29, 1.82) is 0 Å². The van der Waals surface area contributed by atoms with Gasteiger partial charge in [-0.2, -0.15) is 0 Å². The number of carbonyl (C=O) groups is 1. The van der Waals surface area contributed by atoms with Crippen LogP contribution in [0.5, 0.6) is 0 Å². The lowest BCUT2D eigenvalue weighted by Crippen LogP contribution is -2.00. The predicted molar refractivity (Wildman–Crippen MR) is 56.9 cm³/mol. The standard InChI is InChI=1S/C8H5Br2ClO/c9-5-1-2-6(7(10)3-5)8(12)4-11/h1-3H,4H2. The molecule has 0 aliphatic rings. The first-order valence-corrected chi connectivity index (χ1v) is 5.31. The van der Waals surface area contributed by atoms with Crippen LogP contribution in [0.3, 0.4) is 0 Å². The minimum absolute atomic E-state index is 0.0141. The van der Waals surface area contributed by atoms with Crippen molar-refractivity contribution in [2.24, 2.45) is 0 Å². The molecule has 1 nitrogen and oxygen atoms in total. The largest absolute Gasteiger partial charge is 0.293 e. The van der Waals surface area contributed by atoms with E-state index in [0.29, 0.717) is 5.56 Å². The molecule has 64 valence electrons. The zero-order valence-electron chi connectivity index (χ0n) is 5.98. The molecular formula is C8H5Br2ClO. The monoisotopic (exact) mass is 310 g/mol. The Morgan fingerprint density at radius 2 is 2.08 bits per heavy atom. The number of hydrogen-bond donors (Lipinski definition) is 0. The summed E-state index contributed by atoms with van der Waals surface area (Å²) in [4.78, 5) is 11.2. The van der Waals surface area contributed by atoms with Gasteiger partial charge in [0.05, 0.1) is 5.88 Å².